The lowest BCUT2D eigenvalue weighted by Gasteiger charge is -2.09. The molecule has 2 nitrogen and oxygen atoms in total. The van der Waals surface area contributed by atoms with Crippen LogP contribution in [0.1, 0.15) is 11.1 Å². The smallest absolute Gasteiger partial charge is 0.373 e. The Hall–Kier alpha value is -2.04. The predicted octanol–water partition coefficient (Wildman–Crippen LogP) is 4.12. The number of nitrogens with zero attached hydrogens (tertiary/aromatic N) is 1. The Balaban J connectivity index is 2.35. The molecule has 2 aromatic rings. The molecule has 0 saturated carbocycles. The second-order valence-electron chi connectivity index (χ2n) is 4.21. The maximum atomic E-state index is 12.5. The minimum absolute atomic E-state index is 0.646. The van der Waals surface area contributed by atoms with E-state index in [1.54, 1.807) is 13.2 Å². The van der Waals surface area contributed by atoms with Gasteiger partial charge in [0.05, 0.1) is 5.56 Å². The predicted molar refractivity (Wildman–Crippen MR) is 69.0 cm³/mol. The summed E-state index contributed by atoms with van der Waals surface area (Å²) in [5, 5.41) is 2.94. The van der Waals surface area contributed by atoms with Crippen molar-refractivity contribution in [3.63, 3.8) is 0 Å². The number of nitrogens with one attached hydrogen (secondary N) is 1. The monoisotopic (exact) mass is 266 g/mol. The molecule has 1 N–H and O–H groups in total. The molecule has 1 aromatic carbocycles. The molecule has 0 amide bonds. The van der Waals surface area contributed by atoms with Gasteiger partial charge in [-0.3, -0.25) is 0 Å². The minimum atomic E-state index is -4.30. The van der Waals surface area contributed by atoms with Crippen LogP contribution < -0.4 is 5.32 Å². The number of benzene rings is 1. The first-order chi connectivity index (χ1) is 8.91. The van der Waals surface area contributed by atoms with Crippen molar-refractivity contribution < 1.29 is 13.2 Å². The van der Waals surface area contributed by atoms with Gasteiger partial charge in [-0.15, -0.1) is 0 Å². The summed E-state index contributed by atoms with van der Waals surface area (Å²) in [6.07, 6.45) is -2.66. The molecular weight excluding hydrogens is 253 g/mol. The molecule has 0 bridgehead atoms. The van der Waals surface area contributed by atoms with Crippen molar-refractivity contribution in [1.82, 2.24) is 4.98 Å². The van der Waals surface area contributed by atoms with Crippen molar-refractivity contribution in [2.75, 3.05) is 12.4 Å². The number of pyridine rings is 1. The molecule has 19 heavy (non-hydrogen) atoms. The van der Waals surface area contributed by atoms with Crippen LogP contribution in [0.2, 0.25) is 0 Å². The topological polar surface area (TPSA) is 24.9 Å². The first-order valence-electron chi connectivity index (χ1n) is 5.74. The Bertz CT molecular complexity index is 574. The van der Waals surface area contributed by atoms with Crippen molar-refractivity contribution in [3.05, 3.63) is 47.7 Å². The fourth-order valence-corrected chi connectivity index (χ4v) is 1.85. The maximum absolute atomic E-state index is 12.5. The van der Waals surface area contributed by atoms with E-state index in [2.05, 4.69) is 10.3 Å². The van der Waals surface area contributed by atoms with Crippen LogP contribution in [0.25, 0.3) is 11.1 Å². The van der Waals surface area contributed by atoms with E-state index in [0.29, 0.717) is 5.56 Å². The lowest BCUT2D eigenvalue weighted by Crippen LogP contribution is -2.04. The molecule has 1 aromatic heterocycles. The van der Waals surface area contributed by atoms with Gasteiger partial charge in [-0.05, 0) is 36.2 Å². The highest BCUT2D eigenvalue weighted by Crippen LogP contribution is 2.31. The second-order valence-corrected chi connectivity index (χ2v) is 4.21. The van der Waals surface area contributed by atoms with E-state index >= 15 is 0 Å². The molecule has 0 saturated heterocycles. The highest BCUT2D eigenvalue weighted by molar-refractivity contribution is 5.65. The van der Waals surface area contributed by atoms with Gasteiger partial charge in [0.1, 0.15) is 5.82 Å². The van der Waals surface area contributed by atoms with Gasteiger partial charge in [0.2, 0.25) is 0 Å². The minimum Gasteiger partial charge on any atom is -0.373 e. The zero-order valence-electron chi connectivity index (χ0n) is 10.5. The number of hydrogen-bond acceptors (Lipinski definition) is 2. The molecule has 0 aliphatic heterocycles. The van der Waals surface area contributed by atoms with Gasteiger partial charge in [-0.25, -0.2) is 4.98 Å². The van der Waals surface area contributed by atoms with Gasteiger partial charge in [-0.2, -0.15) is 13.2 Å². The Labute approximate surface area is 109 Å². The van der Waals surface area contributed by atoms with Crippen LogP contribution in [0, 0.1) is 6.92 Å². The SMILES string of the molecule is CNc1ncc(-c2ccc(C(F)(F)F)cc2)cc1C. The van der Waals surface area contributed by atoms with E-state index in [1.807, 2.05) is 13.0 Å². The van der Waals surface area contributed by atoms with Crippen LogP contribution in [-0.2, 0) is 6.18 Å². The maximum Gasteiger partial charge on any atom is 0.416 e. The van der Waals surface area contributed by atoms with E-state index in [4.69, 9.17) is 0 Å². The normalized spacial score (nSPS) is 11.4. The highest BCUT2D eigenvalue weighted by Gasteiger charge is 2.29. The number of alkyl halides is 3. The summed E-state index contributed by atoms with van der Waals surface area (Å²) in [6, 6.07) is 6.96. The van der Waals surface area contributed by atoms with E-state index in [1.165, 1.54) is 12.1 Å². The number of rotatable bonds is 2. The van der Waals surface area contributed by atoms with E-state index in [9.17, 15) is 13.2 Å². The molecule has 100 valence electrons. The van der Waals surface area contributed by atoms with Crippen molar-refractivity contribution in [2.24, 2.45) is 0 Å². The summed E-state index contributed by atoms with van der Waals surface area (Å²) in [5.41, 5.74) is 1.81. The summed E-state index contributed by atoms with van der Waals surface area (Å²) in [5.74, 6) is 0.760. The average molecular weight is 266 g/mol. The summed E-state index contributed by atoms with van der Waals surface area (Å²) in [4.78, 5) is 4.21. The molecule has 0 unspecified atom stereocenters. The Kier molecular flexibility index (Phi) is 3.46. The third-order valence-corrected chi connectivity index (χ3v) is 2.86. The van der Waals surface area contributed by atoms with Gasteiger partial charge in [0, 0.05) is 18.8 Å². The number of aromatic nitrogens is 1. The number of halogens is 3. The summed E-state index contributed by atoms with van der Waals surface area (Å²) < 4.78 is 37.4. The molecule has 5 heteroatoms. The quantitative estimate of drug-likeness (QED) is 0.884. The number of hydrogen-bond donors (Lipinski definition) is 1. The van der Waals surface area contributed by atoms with Gasteiger partial charge in [-0.1, -0.05) is 12.1 Å². The lowest BCUT2D eigenvalue weighted by atomic mass is 10.0. The standard InChI is InChI=1S/C14H13F3N2/c1-9-7-11(8-19-13(9)18-2)10-3-5-12(6-4-10)14(15,16)17/h3-8H,1-2H3,(H,18,19). The van der Waals surface area contributed by atoms with Crippen LogP contribution in [0.15, 0.2) is 36.5 Å². The van der Waals surface area contributed by atoms with Crippen LogP contribution >= 0.6 is 0 Å². The van der Waals surface area contributed by atoms with Crippen LogP contribution in [0.5, 0.6) is 0 Å². The van der Waals surface area contributed by atoms with Crippen LogP contribution in [0.4, 0.5) is 19.0 Å². The molecule has 0 radical (unpaired) electrons. The third-order valence-electron chi connectivity index (χ3n) is 2.86. The molecule has 0 fully saturated rings. The van der Waals surface area contributed by atoms with Crippen molar-refractivity contribution in [2.45, 2.75) is 13.1 Å². The van der Waals surface area contributed by atoms with E-state index < -0.39 is 11.7 Å². The zero-order chi connectivity index (χ0) is 14.0. The average Bonchev–Trinajstić information content (AvgIpc) is 2.38. The van der Waals surface area contributed by atoms with E-state index in [-0.39, 0.29) is 0 Å². The highest BCUT2D eigenvalue weighted by atomic mass is 19.4. The Morgan fingerprint density at radius 1 is 1.05 bits per heavy atom. The summed E-state index contributed by atoms with van der Waals surface area (Å²) in [7, 11) is 1.77. The fraction of sp³-hybridized carbons (Fsp3) is 0.214. The van der Waals surface area contributed by atoms with Gasteiger partial charge >= 0.3 is 6.18 Å². The Morgan fingerprint density at radius 3 is 2.16 bits per heavy atom. The van der Waals surface area contributed by atoms with Gasteiger partial charge < -0.3 is 5.32 Å². The van der Waals surface area contributed by atoms with Crippen LogP contribution in [-0.4, -0.2) is 12.0 Å². The van der Waals surface area contributed by atoms with Crippen LogP contribution in [0.3, 0.4) is 0 Å². The van der Waals surface area contributed by atoms with Gasteiger partial charge in [0.25, 0.3) is 0 Å². The lowest BCUT2D eigenvalue weighted by molar-refractivity contribution is -0.137. The first kappa shape index (κ1) is 13.4. The molecule has 0 atom stereocenters. The number of anilines is 1. The molecule has 0 spiro atoms. The van der Waals surface area contributed by atoms with Crippen molar-refractivity contribution >= 4 is 5.82 Å². The first-order valence-corrected chi connectivity index (χ1v) is 5.74. The molecule has 2 rings (SSSR count). The molecule has 1 heterocycles. The molecule has 0 aliphatic rings. The zero-order valence-corrected chi connectivity index (χ0v) is 10.5. The van der Waals surface area contributed by atoms with E-state index in [0.717, 1.165) is 29.1 Å². The molecular formula is C14H13F3N2. The summed E-state index contributed by atoms with van der Waals surface area (Å²) in [6.45, 7) is 1.90. The largest absolute Gasteiger partial charge is 0.416 e. The van der Waals surface area contributed by atoms with Crippen molar-refractivity contribution in [1.29, 1.82) is 0 Å². The Morgan fingerprint density at radius 2 is 1.68 bits per heavy atom. The van der Waals surface area contributed by atoms with Gasteiger partial charge in [0.15, 0.2) is 0 Å². The number of aryl methyl sites for hydroxylation is 1. The fourth-order valence-electron chi connectivity index (χ4n) is 1.85. The second kappa shape index (κ2) is 4.91. The van der Waals surface area contributed by atoms with Crippen molar-refractivity contribution in [3.8, 4) is 11.1 Å². The third kappa shape index (κ3) is 2.86. The summed E-state index contributed by atoms with van der Waals surface area (Å²) >= 11 is 0. The molecule has 0 aliphatic carbocycles.